The Balaban J connectivity index is 2.09. The van der Waals surface area contributed by atoms with E-state index < -0.39 is 0 Å². The Labute approximate surface area is 125 Å². The Kier molecular flexibility index (Phi) is 8.18. The molecular formula is C17H32N2O. The molecule has 0 radical (unpaired) electrons. The fraction of sp³-hybridized carbons (Fsp3) is 0.941. The third-order valence-corrected chi connectivity index (χ3v) is 4.21. The van der Waals surface area contributed by atoms with Crippen LogP contribution in [0.5, 0.6) is 0 Å². The van der Waals surface area contributed by atoms with Crippen LogP contribution in [0.1, 0.15) is 72.1 Å². The molecule has 1 saturated carbocycles. The summed E-state index contributed by atoms with van der Waals surface area (Å²) in [6.45, 7) is 8.17. The molecule has 2 unspecified atom stereocenters. The molecule has 0 saturated heterocycles. The SMILES string of the molecule is CCCCC(CC)COCCCC(C)(C#N)NC1CC1. The van der Waals surface area contributed by atoms with Gasteiger partial charge in [0.1, 0.15) is 5.54 Å². The van der Waals surface area contributed by atoms with Crippen molar-refractivity contribution in [3.05, 3.63) is 0 Å². The van der Waals surface area contributed by atoms with Gasteiger partial charge < -0.3 is 4.74 Å². The molecule has 0 aromatic rings. The van der Waals surface area contributed by atoms with Gasteiger partial charge in [-0.3, -0.25) is 5.32 Å². The molecule has 3 nitrogen and oxygen atoms in total. The first-order chi connectivity index (χ1) is 9.63. The second kappa shape index (κ2) is 9.37. The van der Waals surface area contributed by atoms with Crippen molar-refractivity contribution in [2.24, 2.45) is 5.92 Å². The van der Waals surface area contributed by atoms with Crippen LogP contribution in [-0.2, 0) is 4.74 Å². The number of hydrogen-bond donors (Lipinski definition) is 1. The highest BCUT2D eigenvalue weighted by atomic mass is 16.5. The van der Waals surface area contributed by atoms with Crippen LogP contribution in [0, 0.1) is 17.2 Å². The van der Waals surface area contributed by atoms with E-state index in [0.717, 1.165) is 26.1 Å². The summed E-state index contributed by atoms with van der Waals surface area (Å²) in [5, 5.41) is 12.7. The van der Waals surface area contributed by atoms with Crippen LogP contribution in [0.25, 0.3) is 0 Å². The van der Waals surface area contributed by atoms with Gasteiger partial charge in [-0.1, -0.05) is 33.1 Å². The van der Waals surface area contributed by atoms with Gasteiger partial charge in [0.25, 0.3) is 0 Å². The topological polar surface area (TPSA) is 45.0 Å². The predicted molar refractivity (Wildman–Crippen MR) is 83.5 cm³/mol. The lowest BCUT2D eigenvalue weighted by Gasteiger charge is -2.23. The zero-order valence-corrected chi connectivity index (χ0v) is 13.6. The van der Waals surface area contributed by atoms with Gasteiger partial charge in [0.05, 0.1) is 6.07 Å². The van der Waals surface area contributed by atoms with Gasteiger partial charge in [0.15, 0.2) is 0 Å². The lowest BCUT2D eigenvalue weighted by atomic mass is 9.97. The van der Waals surface area contributed by atoms with Gasteiger partial charge in [-0.25, -0.2) is 0 Å². The molecule has 20 heavy (non-hydrogen) atoms. The van der Waals surface area contributed by atoms with Gasteiger partial charge >= 0.3 is 0 Å². The zero-order chi connectivity index (χ0) is 14.8. The summed E-state index contributed by atoms with van der Waals surface area (Å²) in [6.07, 6.45) is 9.36. The van der Waals surface area contributed by atoms with E-state index in [0.29, 0.717) is 12.0 Å². The number of rotatable bonds is 12. The number of nitrogens with zero attached hydrogens (tertiary/aromatic N) is 1. The number of nitrogens with one attached hydrogen (secondary N) is 1. The maximum absolute atomic E-state index is 9.29. The molecule has 1 N–H and O–H groups in total. The minimum absolute atomic E-state index is 0.364. The zero-order valence-electron chi connectivity index (χ0n) is 13.6. The van der Waals surface area contributed by atoms with Gasteiger partial charge in [0, 0.05) is 19.3 Å². The second-order valence-electron chi connectivity index (χ2n) is 6.46. The summed E-state index contributed by atoms with van der Waals surface area (Å²) in [5.74, 6) is 0.710. The minimum atomic E-state index is -0.364. The quantitative estimate of drug-likeness (QED) is 0.549. The third-order valence-electron chi connectivity index (χ3n) is 4.21. The van der Waals surface area contributed by atoms with E-state index in [1.54, 1.807) is 0 Å². The molecular weight excluding hydrogens is 248 g/mol. The van der Waals surface area contributed by atoms with Crippen molar-refractivity contribution in [2.75, 3.05) is 13.2 Å². The highest BCUT2D eigenvalue weighted by Crippen LogP contribution is 2.24. The largest absolute Gasteiger partial charge is 0.381 e. The summed E-state index contributed by atoms with van der Waals surface area (Å²) in [4.78, 5) is 0. The van der Waals surface area contributed by atoms with Gasteiger partial charge in [0.2, 0.25) is 0 Å². The number of ether oxygens (including phenoxy) is 1. The fourth-order valence-corrected chi connectivity index (χ4v) is 2.51. The van der Waals surface area contributed by atoms with E-state index in [9.17, 15) is 5.26 Å². The Bertz CT molecular complexity index is 296. The first kappa shape index (κ1) is 17.5. The standard InChI is InChI=1S/C17H32N2O/c1-4-6-8-15(5-2)13-20-12-7-11-17(3,14-18)19-16-9-10-16/h15-16,19H,4-13H2,1-3H3. The maximum Gasteiger partial charge on any atom is 0.104 e. The van der Waals surface area contributed by atoms with E-state index in [2.05, 4.69) is 25.2 Å². The van der Waals surface area contributed by atoms with Crippen molar-refractivity contribution >= 4 is 0 Å². The Hall–Kier alpha value is -0.590. The molecule has 0 aliphatic heterocycles. The number of unbranched alkanes of at least 4 members (excludes halogenated alkanes) is 1. The molecule has 0 aromatic carbocycles. The third kappa shape index (κ3) is 7.26. The van der Waals surface area contributed by atoms with Crippen LogP contribution < -0.4 is 5.32 Å². The maximum atomic E-state index is 9.29. The molecule has 0 bridgehead atoms. The molecule has 1 aliphatic carbocycles. The van der Waals surface area contributed by atoms with E-state index in [4.69, 9.17) is 4.74 Å². The van der Waals surface area contributed by atoms with Crippen molar-refractivity contribution in [1.29, 1.82) is 5.26 Å². The molecule has 1 aliphatic rings. The van der Waals surface area contributed by atoms with Crippen LogP contribution in [0.4, 0.5) is 0 Å². The first-order valence-corrected chi connectivity index (χ1v) is 8.40. The van der Waals surface area contributed by atoms with Crippen LogP contribution in [0.15, 0.2) is 0 Å². The summed E-state index contributed by atoms with van der Waals surface area (Å²) in [5.41, 5.74) is -0.364. The lowest BCUT2D eigenvalue weighted by Crippen LogP contribution is -2.42. The summed E-state index contributed by atoms with van der Waals surface area (Å²) in [7, 11) is 0. The van der Waals surface area contributed by atoms with Crippen LogP contribution in [0.2, 0.25) is 0 Å². The van der Waals surface area contributed by atoms with Gasteiger partial charge in [-0.2, -0.15) is 5.26 Å². The molecule has 0 aromatic heterocycles. The minimum Gasteiger partial charge on any atom is -0.381 e. The van der Waals surface area contributed by atoms with E-state index in [1.165, 1.54) is 38.5 Å². The number of nitriles is 1. The summed E-state index contributed by atoms with van der Waals surface area (Å²) in [6, 6.07) is 3.00. The Morgan fingerprint density at radius 1 is 1.35 bits per heavy atom. The van der Waals surface area contributed by atoms with Crippen LogP contribution >= 0.6 is 0 Å². The highest BCUT2D eigenvalue weighted by Gasteiger charge is 2.31. The first-order valence-electron chi connectivity index (χ1n) is 8.40. The average molecular weight is 280 g/mol. The molecule has 1 fully saturated rings. The molecule has 2 atom stereocenters. The van der Waals surface area contributed by atoms with Crippen molar-refractivity contribution in [2.45, 2.75) is 83.7 Å². The van der Waals surface area contributed by atoms with E-state index in [1.807, 2.05) is 6.92 Å². The summed E-state index contributed by atoms with van der Waals surface area (Å²) >= 11 is 0. The molecule has 0 heterocycles. The normalized spacial score (nSPS) is 19.3. The molecule has 0 amide bonds. The molecule has 3 heteroatoms. The Morgan fingerprint density at radius 3 is 2.65 bits per heavy atom. The van der Waals surface area contributed by atoms with Gasteiger partial charge in [-0.15, -0.1) is 0 Å². The lowest BCUT2D eigenvalue weighted by molar-refractivity contribution is 0.0883. The molecule has 116 valence electrons. The van der Waals surface area contributed by atoms with Crippen molar-refractivity contribution in [3.63, 3.8) is 0 Å². The Morgan fingerprint density at radius 2 is 2.10 bits per heavy atom. The highest BCUT2D eigenvalue weighted by molar-refractivity contribution is 5.06. The van der Waals surface area contributed by atoms with Crippen LogP contribution in [-0.4, -0.2) is 24.8 Å². The van der Waals surface area contributed by atoms with Crippen molar-refractivity contribution in [1.82, 2.24) is 5.32 Å². The smallest absolute Gasteiger partial charge is 0.104 e. The van der Waals surface area contributed by atoms with Crippen molar-refractivity contribution < 1.29 is 4.74 Å². The fourth-order valence-electron chi connectivity index (χ4n) is 2.51. The van der Waals surface area contributed by atoms with E-state index in [-0.39, 0.29) is 5.54 Å². The van der Waals surface area contributed by atoms with Crippen LogP contribution in [0.3, 0.4) is 0 Å². The second-order valence-corrected chi connectivity index (χ2v) is 6.46. The summed E-state index contributed by atoms with van der Waals surface area (Å²) < 4.78 is 5.81. The average Bonchev–Trinajstić information content (AvgIpc) is 3.25. The molecule has 0 spiro atoms. The number of hydrogen-bond acceptors (Lipinski definition) is 3. The predicted octanol–water partition coefficient (Wildman–Crippen LogP) is 4.03. The molecule has 1 rings (SSSR count). The monoisotopic (exact) mass is 280 g/mol. The van der Waals surface area contributed by atoms with Gasteiger partial charge in [-0.05, 0) is 44.9 Å². The van der Waals surface area contributed by atoms with Crippen molar-refractivity contribution in [3.8, 4) is 6.07 Å². The van der Waals surface area contributed by atoms with E-state index >= 15 is 0 Å².